The number of aromatic hydroxyl groups is 1. The number of anilines is 1. The van der Waals surface area contributed by atoms with E-state index in [1.165, 1.54) is 25.3 Å². The van der Waals surface area contributed by atoms with Crippen LogP contribution in [-0.4, -0.2) is 36.7 Å². The molecule has 0 saturated carbocycles. The SMILES string of the molecule is COc1ccc(-c2cccc(S(=O)(=O)Nc3ccc(C(=O)O)c(O)c3)c2)cn1. The van der Waals surface area contributed by atoms with Crippen molar-refractivity contribution in [3.8, 4) is 22.8 Å². The van der Waals surface area contributed by atoms with Crippen LogP contribution >= 0.6 is 0 Å². The molecule has 0 saturated heterocycles. The quantitative estimate of drug-likeness (QED) is 0.581. The highest BCUT2D eigenvalue weighted by molar-refractivity contribution is 7.92. The van der Waals surface area contributed by atoms with Gasteiger partial charge in [0.25, 0.3) is 10.0 Å². The Morgan fingerprint density at radius 1 is 1.07 bits per heavy atom. The number of methoxy groups -OCH3 is 1. The van der Waals surface area contributed by atoms with Gasteiger partial charge in [0.2, 0.25) is 5.88 Å². The average molecular weight is 400 g/mol. The van der Waals surface area contributed by atoms with E-state index in [2.05, 4.69) is 9.71 Å². The lowest BCUT2D eigenvalue weighted by Crippen LogP contribution is -2.13. The smallest absolute Gasteiger partial charge is 0.339 e. The zero-order valence-corrected chi connectivity index (χ0v) is 15.5. The molecule has 144 valence electrons. The Morgan fingerprint density at radius 2 is 1.86 bits per heavy atom. The molecule has 0 unspecified atom stereocenters. The lowest BCUT2D eigenvalue weighted by Gasteiger charge is -2.11. The molecule has 9 heteroatoms. The van der Waals surface area contributed by atoms with Gasteiger partial charge >= 0.3 is 5.97 Å². The van der Waals surface area contributed by atoms with E-state index in [1.807, 2.05) is 0 Å². The van der Waals surface area contributed by atoms with Crippen molar-refractivity contribution in [1.29, 1.82) is 0 Å². The van der Waals surface area contributed by atoms with Gasteiger partial charge in [-0.15, -0.1) is 0 Å². The van der Waals surface area contributed by atoms with Crippen LogP contribution < -0.4 is 9.46 Å². The number of aromatic nitrogens is 1. The summed E-state index contributed by atoms with van der Waals surface area (Å²) in [6, 6.07) is 13.1. The van der Waals surface area contributed by atoms with Gasteiger partial charge in [0.1, 0.15) is 11.3 Å². The molecule has 1 aromatic heterocycles. The molecule has 3 rings (SSSR count). The third-order valence-electron chi connectivity index (χ3n) is 3.90. The first-order valence-electron chi connectivity index (χ1n) is 8.00. The number of phenols is 1. The molecule has 8 nitrogen and oxygen atoms in total. The number of aromatic carboxylic acids is 1. The van der Waals surface area contributed by atoms with Crippen molar-refractivity contribution >= 4 is 21.7 Å². The van der Waals surface area contributed by atoms with Gasteiger partial charge < -0.3 is 14.9 Å². The van der Waals surface area contributed by atoms with E-state index in [1.54, 1.807) is 30.5 Å². The van der Waals surface area contributed by atoms with Crippen molar-refractivity contribution in [2.75, 3.05) is 11.8 Å². The Morgan fingerprint density at radius 3 is 2.46 bits per heavy atom. The van der Waals surface area contributed by atoms with Crippen LogP contribution in [0.3, 0.4) is 0 Å². The van der Waals surface area contributed by atoms with E-state index in [0.717, 1.165) is 12.1 Å². The fourth-order valence-corrected chi connectivity index (χ4v) is 3.60. The van der Waals surface area contributed by atoms with Crippen molar-refractivity contribution < 1.29 is 28.2 Å². The average Bonchev–Trinajstić information content (AvgIpc) is 2.67. The maximum absolute atomic E-state index is 12.7. The highest BCUT2D eigenvalue weighted by Gasteiger charge is 2.17. The topological polar surface area (TPSA) is 126 Å². The second kappa shape index (κ2) is 7.57. The molecular weight excluding hydrogens is 384 g/mol. The Hall–Kier alpha value is -3.59. The van der Waals surface area contributed by atoms with Gasteiger partial charge in [0, 0.05) is 23.9 Å². The van der Waals surface area contributed by atoms with Gasteiger partial charge in [-0.25, -0.2) is 18.2 Å². The molecule has 0 bridgehead atoms. The molecule has 0 atom stereocenters. The number of rotatable bonds is 6. The third-order valence-corrected chi connectivity index (χ3v) is 5.28. The number of nitrogens with zero attached hydrogens (tertiary/aromatic N) is 1. The number of nitrogens with one attached hydrogen (secondary N) is 1. The molecule has 0 aliphatic rings. The van der Waals surface area contributed by atoms with E-state index in [0.29, 0.717) is 17.0 Å². The number of hydrogen-bond donors (Lipinski definition) is 3. The number of carboxylic acids is 1. The fourth-order valence-electron chi connectivity index (χ4n) is 2.50. The van der Waals surface area contributed by atoms with E-state index >= 15 is 0 Å². The Kier molecular flexibility index (Phi) is 5.18. The van der Waals surface area contributed by atoms with Gasteiger partial charge in [0.05, 0.1) is 17.7 Å². The van der Waals surface area contributed by atoms with E-state index < -0.39 is 21.7 Å². The molecule has 0 aliphatic heterocycles. The minimum atomic E-state index is -3.96. The second-order valence-corrected chi connectivity index (χ2v) is 7.44. The molecular formula is C19H16N2O6S. The molecule has 0 fully saturated rings. The maximum atomic E-state index is 12.7. The number of sulfonamides is 1. The van der Waals surface area contributed by atoms with Crippen LogP contribution in [0.25, 0.3) is 11.1 Å². The third kappa shape index (κ3) is 4.04. The van der Waals surface area contributed by atoms with Crippen molar-refractivity contribution in [3.63, 3.8) is 0 Å². The van der Waals surface area contributed by atoms with Crippen LogP contribution in [0.4, 0.5) is 5.69 Å². The van der Waals surface area contributed by atoms with Gasteiger partial charge in [-0.1, -0.05) is 12.1 Å². The van der Waals surface area contributed by atoms with E-state index in [4.69, 9.17) is 9.84 Å². The zero-order valence-electron chi connectivity index (χ0n) is 14.7. The molecule has 3 N–H and O–H groups in total. The van der Waals surface area contributed by atoms with Crippen molar-refractivity contribution in [1.82, 2.24) is 4.98 Å². The number of hydrogen-bond acceptors (Lipinski definition) is 6. The van der Waals surface area contributed by atoms with Crippen molar-refractivity contribution in [2.45, 2.75) is 4.90 Å². The lowest BCUT2D eigenvalue weighted by molar-refractivity contribution is 0.0694. The Bertz CT molecular complexity index is 1130. The molecule has 0 radical (unpaired) electrons. The summed E-state index contributed by atoms with van der Waals surface area (Å²) in [7, 11) is -2.46. The summed E-state index contributed by atoms with van der Waals surface area (Å²) < 4.78 is 32.7. The van der Waals surface area contributed by atoms with E-state index in [9.17, 15) is 18.3 Å². The summed E-state index contributed by atoms with van der Waals surface area (Å²) >= 11 is 0. The summed E-state index contributed by atoms with van der Waals surface area (Å²) in [6.07, 6.45) is 1.57. The van der Waals surface area contributed by atoms with Crippen LogP contribution in [0.5, 0.6) is 11.6 Å². The summed E-state index contributed by atoms with van der Waals surface area (Å²) in [5, 5.41) is 18.7. The van der Waals surface area contributed by atoms with Crippen LogP contribution in [0, 0.1) is 0 Å². The predicted molar refractivity (Wildman–Crippen MR) is 102 cm³/mol. The van der Waals surface area contributed by atoms with Gasteiger partial charge in [0.15, 0.2) is 0 Å². The van der Waals surface area contributed by atoms with Crippen LogP contribution in [0.1, 0.15) is 10.4 Å². The minimum absolute atomic E-state index is 0.00242. The Labute approximate surface area is 161 Å². The monoisotopic (exact) mass is 400 g/mol. The predicted octanol–water partition coefficient (Wildman–Crippen LogP) is 2.96. The maximum Gasteiger partial charge on any atom is 0.339 e. The molecule has 28 heavy (non-hydrogen) atoms. The highest BCUT2D eigenvalue weighted by atomic mass is 32.2. The zero-order chi connectivity index (χ0) is 20.3. The number of pyridine rings is 1. The number of carboxylic acid groups (broad SMARTS) is 1. The normalized spacial score (nSPS) is 11.0. The minimum Gasteiger partial charge on any atom is -0.507 e. The molecule has 0 spiro atoms. The first-order valence-corrected chi connectivity index (χ1v) is 9.48. The molecule has 1 heterocycles. The molecule has 0 amide bonds. The van der Waals surface area contributed by atoms with Crippen LogP contribution in [-0.2, 0) is 10.0 Å². The standard InChI is InChI=1S/C19H16N2O6S/c1-27-18-8-5-13(11-20-18)12-3-2-4-15(9-12)28(25,26)21-14-6-7-16(19(23)24)17(22)10-14/h2-11,21-22H,1H3,(H,23,24). The molecule has 2 aromatic carbocycles. The van der Waals surface area contributed by atoms with Crippen LogP contribution in [0.15, 0.2) is 65.7 Å². The van der Waals surface area contributed by atoms with Crippen molar-refractivity contribution in [2.24, 2.45) is 0 Å². The largest absolute Gasteiger partial charge is 0.507 e. The first-order chi connectivity index (χ1) is 13.3. The summed E-state index contributed by atoms with van der Waals surface area (Å²) in [6.45, 7) is 0. The molecule has 3 aromatic rings. The van der Waals surface area contributed by atoms with Crippen LogP contribution in [0.2, 0.25) is 0 Å². The molecule has 0 aliphatic carbocycles. The lowest BCUT2D eigenvalue weighted by atomic mass is 10.1. The number of benzene rings is 2. The fraction of sp³-hybridized carbons (Fsp3) is 0.0526. The first kappa shape index (κ1) is 19.2. The van der Waals surface area contributed by atoms with Gasteiger partial charge in [-0.2, -0.15) is 0 Å². The van der Waals surface area contributed by atoms with Crippen molar-refractivity contribution in [3.05, 3.63) is 66.4 Å². The Balaban J connectivity index is 1.89. The highest BCUT2D eigenvalue weighted by Crippen LogP contribution is 2.26. The number of ether oxygens (including phenoxy) is 1. The van der Waals surface area contributed by atoms with Gasteiger partial charge in [-0.05, 0) is 35.9 Å². The summed E-state index contributed by atoms with van der Waals surface area (Å²) in [4.78, 5) is 15.0. The summed E-state index contributed by atoms with van der Waals surface area (Å²) in [5.41, 5.74) is 1.07. The summed E-state index contributed by atoms with van der Waals surface area (Å²) in [5.74, 6) is -1.41. The number of carbonyl (C=O) groups is 1. The second-order valence-electron chi connectivity index (χ2n) is 5.76. The van der Waals surface area contributed by atoms with Gasteiger partial charge in [-0.3, -0.25) is 4.72 Å². The van der Waals surface area contributed by atoms with E-state index in [-0.39, 0.29) is 16.1 Å².